The quantitative estimate of drug-likeness (QED) is 0.837. The van der Waals surface area contributed by atoms with Crippen LogP contribution in [0, 0.1) is 0 Å². The van der Waals surface area contributed by atoms with E-state index in [4.69, 9.17) is 0 Å². The monoisotopic (exact) mass is 230 g/mol. The van der Waals surface area contributed by atoms with Crippen molar-refractivity contribution in [3.63, 3.8) is 0 Å². The number of fused-ring (bicyclic) bond motifs is 1. The fourth-order valence-corrected chi connectivity index (χ4v) is 2.52. The Balaban J connectivity index is 1.94. The molecule has 3 heteroatoms. The SMILES string of the molecule is CCCC1Nc2c(cccc2C2CC2)NC1=O. The minimum atomic E-state index is -0.0626. The Morgan fingerprint density at radius 2 is 2.18 bits per heavy atom. The maximum atomic E-state index is 11.9. The Morgan fingerprint density at radius 3 is 2.88 bits per heavy atom. The van der Waals surface area contributed by atoms with E-state index < -0.39 is 0 Å². The maximum Gasteiger partial charge on any atom is 0.246 e. The van der Waals surface area contributed by atoms with Crippen LogP contribution in [0.2, 0.25) is 0 Å². The van der Waals surface area contributed by atoms with E-state index in [-0.39, 0.29) is 11.9 Å². The van der Waals surface area contributed by atoms with Gasteiger partial charge in [-0.25, -0.2) is 0 Å². The molecular weight excluding hydrogens is 212 g/mol. The molecule has 0 spiro atoms. The highest BCUT2D eigenvalue weighted by atomic mass is 16.2. The fourth-order valence-electron chi connectivity index (χ4n) is 2.52. The second kappa shape index (κ2) is 4.06. The summed E-state index contributed by atoms with van der Waals surface area (Å²) in [5, 5.41) is 6.44. The summed E-state index contributed by atoms with van der Waals surface area (Å²) in [5.74, 6) is 0.807. The van der Waals surface area contributed by atoms with Crippen LogP contribution < -0.4 is 10.6 Å². The van der Waals surface area contributed by atoms with E-state index in [0.29, 0.717) is 5.92 Å². The number of benzene rings is 1. The molecule has 1 aromatic rings. The van der Waals surface area contributed by atoms with Crippen molar-refractivity contribution in [2.45, 2.75) is 44.6 Å². The summed E-state index contributed by atoms with van der Waals surface area (Å²) in [6.45, 7) is 2.11. The number of rotatable bonds is 3. The standard InChI is InChI=1S/C14H18N2O/c1-2-4-12-14(17)16-11-6-3-5-10(9-7-8-9)13(11)15-12/h3,5-6,9,12,15H,2,4,7-8H2,1H3,(H,16,17). The number of anilines is 2. The van der Waals surface area contributed by atoms with Crippen molar-refractivity contribution in [3.05, 3.63) is 23.8 Å². The molecule has 0 radical (unpaired) electrons. The molecule has 0 saturated heterocycles. The molecule has 90 valence electrons. The predicted molar refractivity (Wildman–Crippen MR) is 69.4 cm³/mol. The Kier molecular flexibility index (Phi) is 2.54. The van der Waals surface area contributed by atoms with Gasteiger partial charge in [-0.2, -0.15) is 0 Å². The van der Waals surface area contributed by atoms with Gasteiger partial charge >= 0.3 is 0 Å². The molecule has 1 unspecified atom stereocenters. The van der Waals surface area contributed by atoms with Crippen molar-refractivity contribution in [1.29, 1.82) is 0 Å². The number of carbonyl (C=O) groups is 1. The summed E-state index contributed by atoms with van der Waals surface area (Å²) in [4.78, 5) is 11.9. The zero-order valence-corrected chi connectivity index (χ0v) is 10.1. The van der Waals surface area contributed by atoms with Gasteiger partial charge in [0, 0.05) is 0 Å². The van der Waals surface area contributed by atoms with E-state index in [1.807, 2.05) is 12.1 Å². The lowest BCUT2D eigenvalue weighted by Crippen LogP contribution is -2.39. The first-order valence-electron chi connectivity index (χ1n) is 6.50. The first-order chi connectivity index (χ1) is 8.29. The molecule has 0 bridgehead atoms. The highest BCUT2D eigenvalue weighted by molar-refractivity contribution is 6.03. The van der Waals surface area contributed by atoms with Gasteiger partial charge in [0.15, 0.2) is 0 Å². The Labute approximate surface area is 102 Å². The highest BCUT2D eigenvalue weighted by Gasteiger charge is 2.31. The van der Waals surface area contributed by atoms with Gasteiger partial charge in [0.1, 0.15) is 6.04 Å². The van der Waals surface area contributed by atoms with Crippen LogP contribution in [0.25, 0.3) is 0 Å². The molecule has 17 heavy (non-hydrogen) atoms. The van der Waals surface area contributed by atoms with Crippen molar-refractivity contribution in [3.8, 4) is 0 Å². The van der Waals surface area contributed by atoms with Gasteiger partial charge in [-0.1, -0.05) is 25.5 Å². The van der Waals surface area contributed by atoms with Gasteiger partial charge in [0.05, 0.1) is 11.4 Å². The van der Waals surface area contributed by atoms with Crippen molar-refractivity contribution in [2.75, 3.05) is 10.6 Å². The van der Waals surface area contributed by atoms with Crippen molar-refractivity contribution in [1.82, 2.24) is 0 Å². The second-order valence-electron chi connectivity index (χ2n) is 5.02. The van der Waals surface area contributed by atoms with Crippen LogP contribution >= 0.6 is 0 Å². The molecule has 1 fully saturated rings. The third-order valence-corrected chi connectivity index (χ3v) is 3.58. The van der Waals surface area contributed by atoms with E-state index in [1.54, 1.807) is 0 Å². The van der Waals surface area contributed by atoms with E-state index >= 15 is 0 Å². The van der Waals surface area contributed by atoms with Crippen molar-refractivity contribution in [2.24, 2.45) is 0 Å². The third-order valence-electron chi connectivity index (χ3n) is 3.58. The number of carbonyl (C=O) groups excluding carboxylic acids is 1. The van der Waals surface area contributed by atoms with Gasteiger partial charge in [-0.15, -0.1) is 0 Å². The van der Waals surface area contributed by atoms with Crippen LogP contribution in [-0.4, -0.2) is 11.9 Å². The summed E-state index contributed by atoms with van der Waals surface area (Å²) in [7, 11) is 0. The molecular formula is C14H18N2O. The number of hydrogen-bond donors (Lipinski definition) is 2. The predicted octanol–water partition coefficient (Wildman–Crippen LogP) is 3.10. The van der Waals surface area contributed by atoms with Crippen molar-refractivity contribution < 1.29 is 4.79 Å². The molecule has 1 atom stereocenters. The topological polar surface area (TPSA) is 41.1 Å². The number of amides is 1. The molecule has 1 aromatic carbocycles. The fraction of sp³-hybridized carbons (Fsp3) is 0.500. The van der Waals surface area contributed by atoms with Crippen LogP contribution in [-0.2, 0) is 4.79 Å². The normalized spacial score (nSPS) is 22.6. The summed E-state index contributed by atoms with van der Waals surface area (Å²) >= 11 is 0. The van der Waals surface area contributed by atoms with E-state index in [0.717, 1.165) is 24.2 Å². The summed E-state index contributed by atoms with van der Waals surface area (Å²) < 4.78 is 0. The number of hydrogen-bond acceptors (Lipinski definition) is 2. The Bertz CT molecular complexity index is 452. The molecule has 1 saturated carbocycles. The number of nitrogens with one attached hydrogen (secondary N) is 2. The highest BCUT2D eigenvalue weighted by Crippen LogP contribution is 2.46. The second-order valence-corrected chi connectivity index (χ2v) is 5.02. The summed E-state index contributed by atoms with van der Waals surface area (Å²) in [6.07, 6.45) is 4.48. The molecule has 2 aliphatic rings. The molecule has 3 rings (SSSR count). The van der Waals surface area contributed by atoms with Gasteiger partial charge in [-0.05, 0) is 36.8 Å². The largest absolute Gasteiger partial charge is 0.372 e. The van der Waals surface area contributed by atoms with Gasteiger partial charge in [0.25, 0.3) is 0 Å². The third kappa shape index (κ3) is 1.90. The lowest BCUT2D eigenvalue weighted by Gasteiger charge is -2.28. The van der Waals surface area contributed by atoms with Gasteiger partial charge < -0.3 is 10.6 Å². The molecule has 1 amide bonds. The van der Waals surface area contributed by atoms with Gasteiger partial charge in [0.2, 0.25) is 5.91 Å². The minimum Gasteiger partial charge on any atom is -0.372 e. The van der Waals surface area contributed by atoms with Crippen LogP contribution in [0.3, 0.4) is 0 Å². The smallest absolute Gasteiger partial charge is 0.246 e. The summed E-state index contributed by atoms with van der Waals surface area (Å²) in [6, 6.07) is 6.14. The lowest BCUT2D eigenvalue weighted by atomic mass is 10.0. The molecule has 3 nitrogen and oxygen atoms in total. The average molecular weight is 230 g/mol. The molecule has 1 aliphatic carbocycles. The maximum absolute atomic E-state index is 11.9. The van der Waals surface area contributed by atoms with Crippen molar-refractivity contribution >= 4 is 17.3 Å². The molecule has 1 aliphatic heterocycles. The first kappa shape index (κ1) is 10.6. The van der Waals surface area contributed by atoms with Crippen LogP contribution in [0.1, 0.15) is 44.1 Å². The molecule has 1 heterocycles. The minimum absolute atomic E-state index is 0.0626. The number of para-hydroxylation sites is 1. The van der Waals surface area contributed by atoms with E-state index in [2.05, 4.69) is 23.6 Å². The zero-order valence-electron chi connectivity index (χ0n) is 10.1. The summed E-state index contributed by atoms with van der Waals surface area (Å²) in [5.41, 5.74) is 3.49. The molecule has 0 aromatic heterocycles. The Hall–Kier alpha value is -1.51. The molecule has 2 N–H and O–H groups in total. The first-order valence-corrected chi connectivity index (χ1v) is 6.50. The van der Waals surface area contributed by atoms with E-state index in [1.165, 1.54) is 18.4 Å². The van der Waals surface area contributed by atoms with Crippen LogP contribution in [0.5, 0.6) is 0 Å². The van der Waals surface area contributed by atoms with E-state index in [9.17, 15) is 4.79 Å². The zero-order chi connectivity index (χ0) is 11.8. The Morgan fingerprint density at radius 1 is 1.35 bits per heavy atom. The van der Waals surface area contributed by atoms with Crippen LogP contribution in [0.15, 0.2) is 18.2 Å². The lowest BCUT2D eigenvalue weighted by molar-refractivity contribution is -0.117. The van der Waals surface area contributed by atoms with Gasteiger partial charge in [-0.3, -0.25) is 4.79 Å². The average Bonchev–Trinajstić information content (AvgIpc) is 3.13. The van der Waals surface area contributed by atoms with Crippen LogP contribution in [0.4, 0.5) is 11.4 Å².